The molecule has 0 aliphatic heterocycles. The van der Waals surface area contributed by atoms with Gasteiger partial charge in [0.2, 0.25) is 5.91 Å². The lowest BCUT2D eigenvalue weighted by Crippen LogP contribution is -2.11. The molecule has 36 heavy (non-hydrogen) atoms. The van der Waals surface area contributed by atoms with Crippen molar-refractivity contribution in [3.63, 3.8) is 0 Å². The van der Waals surface area contributed by atoms with Crippen LogP contribution in [0.1, 0.15) is 21.5 Å². The van der Waals surface area contributed by atoms with Gasteiger partial charge in [0.15, 0.2) is 0 Å². The second kappa shape index (κ2) is 9.36. The molecule has 0 atom stereocenters. The summed E-state index contributed by atoms with van der Waals surface area (Å²) in [7, 11) is 0. The maximum Gasteiger partial charge on any atom is 0.249 e. The number of benzene rings is 4. The molecule has 176 valence electrons. The van der Waals surface area contributed by atoms with Crippen molar-refractivity contribution in [3.8, 4) is 16.2 Å². The van der Waals surface area contributed by atoms with Gasteiger partial charge in [-0.05, 0) is 46.8 Å². The first-order valence-electron chi connectivity index (χ1n) is 11.8. The molecule has 0 radical (unpaired) electrons. The van der Waals surface area contributed by atoms with Crippen LogP contribution in [0.4, 0.5) is 0 Å². The molecule has 6 rings (SSSR count). The van der Waals surface area contributed by atoms with Crippen LogP contribution in [0.3, 0.4) is 0 Å². The van der Waals surface area contributed by atoms with Crippen molar-refractivity contribution in [1.82, 2.24) is 4.57 Å². The topological polar surface area (TPSA) is 57.2 Å². The number of ether oxygens (including phenoxy) is 1. The first-order valence-corrected chi connectivity index (χ1v) is 12.7. The molecule has 4 aromatic carbocycles. The molecule has 0 aliphatic rings. The average Bonchev–Trinajstić information content (AvgIpc) is 3.56. The van der Waals surface area contributed by atoms with E-state index in [2.05, 4.69) is 64.5 Å². The Morgan fingerprint density at radius 2 is 1.67 bits per heavy atom. The average molecular weight is 489 g/mol. The van der Waals surface area contributed by atoms with Crippen LogP contribution in [0.2, 0.25) is 0 Å². The number of aromatic nitrogens is 1. The van der Waals surface area contributed by atoms with Crippen molar-refractivity contribution in [2.24, 2.45) is 5.73 Å². The fourth-order valence-corrected chi connectivity index (χ4v) is 5.52. The Hall–Kier alpha value is -4.35. The normalized spacial score (nSPS) is 11.2. The summed E-state index contributed by atoms with van der Waals surface area (Å²) < 4.78 is 8.52. The van der Waals surface area contributed by atoms with E-state index in [0.717, 1.165) is 44.2 Å². The van der Waals surface area contributed by atoms with Crippen LogP contribution in [0.25, 0.3) is 32.2 Å². The number of nitrogens with two attached hydrogens (primary N) is 1. The predicted molar refractivity (Wildman–Crippen MR) is 148 cm³/mol. The van der Waals surface area contributed by atoms with Gasteiger partial charge in [-0.3, -0.25) is 4.79 Å². The van der Waals surface area contributed by atoms with E-state index in [-0.39, 0.29) is 0 Å². The zero-order valence-corrected chi connectivity index (χ0v) is 20.4. The monoisotopic (exact) mass is 488 g/mol. The van der Waals surface area contributed by atoms with Crippen LogP contribution in [-0.4, -0.2) is 10.5 Å². The van der Waals surface area contributed by atoms with Crippen LogP contribution < -0.4 is 10.5 Å². The quantitative estimate of drug-likeness (QED) is 0.257. The highest BCUT2D eigenvalue weighted by Crippen LogP contribution is 2.36. The number of nitrogens with zero attached hydrogens (tertiary/aromatic N) is 1. The lowest BCUT2D eigenvalue weighted by molar-refractivity contribution is 0.100. The maximum absolute atomic E-state index is 12.3. The molecular weight excluding hydrogens is 464 g/mol. The van der Waals surface area contributed by atoms with Gasteiger partial charge < -0.3 is 15.0 Å². The predicted octanol–water partition coefficient (Wildman–Crippen LogP) is 7.25. The summed E-state index contributed by atoms with van der Waals surface area (Å²) in [4.78, 5) is 13.6. The first-order chi connectivity index (χ1) is 17.7. The highest BCUT2D eigenvalue weighted by atomic mass is 32.1. The molecule has 0 fully saturated rings. The number of thiophene rings is 1. The maximum atomic E-state index is 12.3. The number of fused-ring (bicyclic) bond motifs is 3. The van der Waals surface area contributed by atoms with Gasteiger partial charge in [0.05, 0.1) is 17.6 Å². The Labute approximate surface area is 213 Å². The number of para-hydroxylation sites is 1. The molecule has 2 heterocycles. The summed E-state index contributed by atoms with van der Waals surface area (Å²) in [5.74, 6) is 0.422. The molecule has 0 saturated heterocycles. The highest BCUT2D eigenvalue weighted by Gasteiger charge is 2.18. The van der Waals surface area contributed by atoms with E-state index in [0.29, 0.717) is 18.7 Å². The van der Waals surface area contributed by atoms with Gasteiger partial charge in [-0.1, -0.05) is 72.8 Å². The summed E-state index contributed by atoms with van der Waals surface area (Å²) in [6.07, 6.45) is 0. The third kappa shape index (κ3) is 4.04. The number of primary amides is 1. The van der Waals surface area contributed by atoms with Gasteiger partial charge in [-0.25, -0.2) is 0 Å². The lowest BCUT2D eigenvalue weighted by atomic mass is 10.0. The lowest BCUT2D eigenvalue weighted by Gasteiger charge is -2.14. The Kier molecular flexibility index (Phi) is 5.76. The number of hydrogen-bond donors (Lipinski definition) is 1. The molecule has 0 unspecified atom stereocenters. The van der Waals surface area contributed by atoms with Gasteiger partial charge in [-0.2, -0.15) is 0 Å². The minimum Gasteiger partial charge on any atom is -0.489 e. The van der Waals surface area contributed by atoms with Crippen LogP contribution >= 0.6 is 11.3 Å². The van der Waals surface area contributed by atoms with Crippen molar-refractivity contribution in [3.05, 3.63) is 125 Å². The molecule has 6 aromatic rings. The van der Waals surface area contributed by atoms with E-state index in [9.17, 15) is 4.79 Å². The summed E-state index contributed by atoms with van der Waals surface area (Å²) in [5, 5.41) is 3.99. The molecule has 0 saturated carbocycles. The Morgan fingerprint density at radius 3 is 2.47 bits per heavy atom. The number of carbonyl (C=O) groups excluding carboxylic acids is 1. The minimum atomic E-state index is -0.423. The zero-order valence-electron chi connectivity index (χ0n) is 19.6. The molecule has 0 bridgehead atoms. The van der Waals surface area contributed by atoms with Crippen LogP contribution in [-0.2, 0) is 13.2 Å². The summed E-state index contributed by atoms with van der Waals surface area (Å²) in [5.41, 5.74) is 11.7. The summed E-state index contributed by atoms with van der Waals surface area (Å²) >= 11 is 1.71. The van der Waals surface area contributed by atoms with Gasteiger partial charge in [0, 0.05) is 26.8 Å². The van der Waals surface area contributed by atoms with Crippen molar-refractivity contribution < 1.29 is 9.53 Å². The summed E-state index contributed by atoms with van der Waals surface area (Å²) in [6, 6.07) is 34.7. The number of carbonyl (C=O) groups is 1. The molecule has 2 N–H and O–H groups in total. The van der Waals surface area contributed by atoms with E-state index in [1.54, 1.807) is 17.4 Å². The van der Waals surface area contributed by atoms with Crippen molar-refractivity contribution in [2.75, 3.05) is 0 Å². The largest absolute Gasteiger partial charge is 0.489 e. The third-order valence-electron chi connectivity index (χ3n) is 6.50. The molecule has 5 heteroatoms. The zero-order chi connectivity index (χ0) is 24.5. The molecule has 0 spiro atoms. The van der Waals surface area contributed by atoms with Crippen LogP contribution in [0, 0.1) is 0 Å². The molecule has 0 aliphatic carbocycles. The van der Waals surface area contributed by atoms with E-state index >= 15 is 0 Å². The third-order valence-corrected chi connectivity index (χ3v) is 7.42. The Morgan fingerprint density at radius 1 is 0.833 bits per heavy atom. The van der Waals surface area contributed by atoms with Crippen molar-refractivity contribution >= 4 is 39.0 Å². The fourth-order valence-electron chi connectivity index (χ4n) is 4.80. The molecule has 1 amide bonds. The second-order valence-electron chi connectivity index (χ2n) is 8.74. The highest BCUT2D eigenvalue weighted by molar-refractivity contribution is 7.13. The fraction of sp³-hybridized carbons (Fsp3) is 0.0645. The van der Waals surface area contributed by atoms with Gasteiger partial charge >= 0.3 is 0 Å². The minimum absolute atomic E-state index is 0.423. The summed E-state index contributed by atoms with van der Waals surface area (Å²) in [6.45, 7) is 1.10. The van der Waals surface area contributed by atoms with Gasteiger partial charge in [0.1, 0.15) is 12.4 Å². The Balaban J connectivity index is 1.49. The van der Waals surface area contributed by atoms with Crippen molar-refractivity contribution in [2.45, 2.75) is 13.2 Å². The molecule has 4 nitrogen and oxygen atoms in total. The van der Waals surface area contributed by atoms with E-state index in [1.165, 1.54) is 4.88 Å². The van der Waals surface area contributed by atoms with Crippen LogP contribution in [0.5, 0.6) is 5.75 Å². The van der Waals surface area contributed by atoms with Crippen molar-refractivity contribution in [1.29, 1.82) is 0 Å². The molecule has 2 aromatic heterocycles. The van der Waals surface area contributed by atoms with E-state index < -0.39 is 5.91 Å². The SMILES string of the molecule is NC(=O)c1cccc2c1c1ccc(-c3cccs3)cc1n2Cc1ccccc1OCc1ccccc1. The molecular formula is C31H24N2O2S. The smallest absolute Gasteiger partial charge is 0.249 e. The van der Waals surface area contributed by atoms with Gasteiger partial charge in [-0.15, -0.1) is 11.3 Å². The number of amides is 1. The first kappa shape index (κ1) is 22.1. The van der Waals surface area contributed by atoms with Gasteiger partial charge in [0.25, 0.3) is 0 Å². The van der Waals surface area contributed by atoms with E-state index in [1.807, 2.05) is 42.5 Å². The standard InChI is InChI=1S/C31H24N2O2S/c32-31(34)25-11-6-12-26-30(25)24-16-15-22(29-14-7-17-36-29)18-27(24)33(26)19-23-10-4-5-13-28(23)35-20-21-8-2-1-3-9-21/h1-18H,19-20H2,(H2,32,34). The number of rotatable bonds is 7. The second-order valence-corrected chi connectivity index (χ2v) is 9.69. The van der Waals surface area contributed by atoms with E-state index in [4.69, 9.17) is 10.5 Å². The Bertz CT molecular complexity index is 1690. The van der Waals surface area contributed by atoms with Crippen LogP contribution in [0.15, 0.2) is 109 Å². The number of hydrogen-bond acceptors (Lipinski definition) is 3.